The quantitative estimate of drug-likeness (QED) is 0.376. The van der Waals surface area contributed by atoms with E-state index in [1.165, 1.54) is 0 Å². The molecule has 0 radical (unpaired) electrons. The Balaban J connectivity index is 2.47. The second-order valence-electron chi connectivity index (χ2n) is 7.99. The molecule has 158 valence electrons. The standard InChI is InChI=1S/C25H35O3P/c1-5-9-18(8-4)20-12-14-22(24(26)16-20)23-15-13-21(17-25(23)29(27)28)19(10-6-2)11-7-3/h12-19H,5-11H2,1-4H3,(H-,26,27,28)/p+1. The largest absolute Gasteiger partial charge is 0.546 e. The summed E-state index contributed by atoms with van der Waals surface area (Å²) < 4.78 is 12.2. The molecule has 2 aromatic rings. The van der Waals surface area contributed by atoms with E-state index >= 15 is 0 Å². The zero-order chi connectivity index (χ0) is 21.4. The molecule has 2 aromatic carbocycles. The van der Waals surface area contributed by atoms with Gasteiger partial charge in [0, 0.05) is 11.1 Å². The number of phenols is 1. The normalized spacial score (nSPS) is 13.0. The lowest BCUT2D eigenvalue weighted by atomic mass is 9.88. The van der Waals surface area contributed by atoms with E-state index in [-0.39, 0.29) is 5.75 Å². The van der Waals surface area contributed by atoms with Gasteiger partial charge in [-0.1, -0.05) is 65.2 Å². The van der Waals surface area contributed by atoms with Crippen LogP contribution in [0.2, 0.25) is 0 Å². The Bertz CT molecular complexity index is 810. The lowest BCUT2D eigenvalue weighted by Gasteiger charge is -2.17. The highest BCUT2D eigenvalue weighted by Crippen LogP contribution is 2.37. The van der Waals surface area contributed by atoms with Crippen LogP contribution in [0.5, 0.6) is 5.75 Å². The minimum Gasteiger partial charge on any atom is -0.507 e. The maximum atomic E-state index is 12.2. The first-order valence-corrected chi connectivity index (χ1v) is 12.3. The van der Waals surface area contributed by atoms with Gasteiger partial charge in [0.1, 0.15) is 5.75 Å². The summed E-state index contributed by atoms with van der Waals surface area (Å²) >= 11 is 0. The van der Waals surface area contributed by atoms with Gasteiger partial charge < -0.3 is 5.11 Å². The van der Waals surface area contributed by atoms with Gasteiger partial charge in [0.05, 0.1) is 0 Å². The summed E-state index contributed by atoms with van der Waals surface area (Å²) in [6.45, 7) is 8.69. The van der Waals surface area contributed by atoms with Gasteiger partial charge in [-0.15, -0.1) is 0 Å². The molecule has 0 aromatic heterocycles. The third-order valence-corrected chi connectivity index (χ3v) is 6.67. The number of aromatic hydroxyl groups is 1. The molecule has 0 spiro atoms. The monoisotopic (exact) mass is 415 g/mol. The van der Waals surface area contributed by atoms with Crippen molar-refractivity contribution in [3.05, 3.63) is 47.5 Å². The molecule has 0 aliphatic carbocycles. The molecule has 0 saturated carbocycles. The highest BCUT2D eigenvalue weighted by molar-refractivity contribution is 7.47. The van der Waals surface area contributed by atoms with Crippen LogP contribution in [0.15, 0.2) is 36.4 Å². The number of phenolic OH excluding ortho intramolecular Hbond substituents is 1. The first-order valence-electron chi connectivity index (χ1n) is 11.1. The lowest BCUT2D eigenvalue weighted by Crippen LogP contribution is -2.07. The van der Waals surface area contributed by atoms with Crippen LogP contribution in [0.4, 0.5) is 0 Å². The molecule has 0 fully saturated rings. The topological polar surface area (TPSA) is 57.5 Å². The van der Waals surface area contributed by atoms with Crippen molar-refractivity contribution in [1.82, 2.24) is 0 Å². The molecule has 2 unspecified atom stereocenters. The summed E-state index contributed by atoms with van der Waals surface area (Å²) in [6.07, 6.45) is 7.56. The van der Waals surface area contributed by atoms with Gasteiger partial charge in [0.2, 0.25) is 5.30 Å². The van der Waals surface area contributed by atoms with Crippen molar-refractivity contribution in [1.29, 1.82) is 0 Å². The molecule has 3 nitrogen and oxygen atoms in total. The summed E-state index contributed by atoms with van der Waals surface area (Å²) in [5.41, 5.74) is 3.53. The molecule has 0 saturated heterocycles. The fourth-order valence-corrected chi connectivity index (χ4v) is 5.01. The van der Waals surface area contributed by atoms with Crippen molar-refractivity contribution >= 4 is 13.3 Å². The Morgan fingerprint density at radius 1 is 0.793 bits per heavy atom. The van der Waals surface area contributed by atoms with Gasteiger partial charge in [-0.25, -0.2) is 0 Å². The number of hydrogen-bond acceptors (Lipinski definition) is 2. The first kappa shape index (κ1) is 23.6. The average molecular weight is 416 g/mol. The summed E-state index contributed by atoms with van der Waals surface area (Å²) in [6, 6.07) is 11.6. The Kier molecular flexibility index (Phi) is 9.33. The van der Waals surface area contributed by atoms with Crippen LogP contribution in [-0.4, -0.2) is 10.00 Å². The fraction of sp³-hybridized carbons (Fsp3) is 0.520. The molecule has 0 bridgehead atoms. The van der Waals surface area contributed by atoms with Crippen molar-refractivity contribution in [3.63, 3.8) is 0 Å². The van der Waals surface area contributed by atoms with E-state index in [9.17, 15) is 14.6 Å². The number of hydrogen-bond donors (Lipinski definition) is 2. The van der Waals surface area contributed by atoms with E-state index < -0.39 is 8.03 Å². The van der Waals surface area contributed by atoms with Crippen LogP contribution in [0.25, 0.3) is 11.1 Å². The lowest BCUT2D eigenvalue weighted by molar-refractivity contribution is 0.474. The number of rotatable bonds is 11. The summed E-state index contributed by atoms with van der Waals surface area (Å²) in [7, 11) is -2.50. The van der Waals surface area contributed by atoms with Gasteiger partial charge in [-0.05, 0) is 71.4 Å². The molecule has 29 heavy (non-hydrogen) atoms. The molecule has 2 atom stereocenters. The predicted molar refractivity (Wildman–Crippen MR) is 123 cm³/mol. The van der Waals surface area contributed by atoms with Gasteiger partial charge in [-0.2, -0.15) is 4.89 Å². The highest BCUT2D eigenvalue weighted by atomic mass is 31.1. The van der Waals surface area contributed by atoms with Crippen LogP contribution in [-0.2, 0) is 4.57 Å². The van der Waals surface area contributed by atoms with E-state index in [0.717, 1.165) is 56.1 Å². The van der Waals surface area contributed by atoms with Crippen molar-refractivity contribution < 1.29 is 14.6 Å². The third-order valence-electron chi connectivity index (χ3n) is 5.89. The second-order valence-corrected chi connectivity index (χ2v) is 9.02. The fourth-order valence-electron chi connectivity index (χ4n) is 4.35. The average Bonchev–Trinajstić information content (AvgIpc) is 2.71. The van der Waals surface area contributed by atoms with E-state index in [2.05, 4.69) is 39.8 Å². The Morgan fingerprint density at radius 3 is 1.79 bits per heavy atom. The minimum atomic E-state index is -2.50. The van der Waals surface area contributed by atoms with Gasteiger partial charge in [-0.3, -0.25) is 0 Å². The smallest absolute Gasteiger partial charge is 0.507 e. The van der Waals surface area contributed by atoms with E-state index in [1.807, 2.05) is 24.3 Å². The molecule has 2 rings (SSSR count). The van der Waals surface area contributed by atoms with E-state index in [0.29, 0.717) is 28.3 Å². The molecular formula is C25H36O3P+. The molecule has 0 amide bonds. The zero-order valence-corrected chi connectivity index (χ0v) is 19.2. The van der Waals surface area contributed by atoms with Crippen LogP contribution < -0.4 is 5.30 Å². The van der Waals surface area contributed by atoms with Crippen LogP contribution in [0, 0.1) is 0 Å². The van der Waals surface area contributed by atoms with E-state index in [4.69, 9.17) is 0 Å². The van der Waals surface area contributed by atoms with Crippen molar-refractivity contribution in [3.8, 4) is 16.9 Å². The van der Waals surface area contributed by atoms with E-state index in [1.54, 1.807) is 0 Å². The van der Waals surface area contributed by atoms with Gasteiger partial charge >= 0.3 is 8.03 Å². The Hall–Kier alpha value is -1.70. The van der Waals surface area contributed by atoms with Crippen molar-refractivity contribution in [2.75, 3.05) is 0 Å². The maximum absolute atomic E-state index is 12.2. The third kappa shape index (κ3) is 5.90. The molecule has 4 heteroatoms. The zero-order valence-electron chi connectivity index (χ0n) is 18.3. The van der Waals surface area contributed by atoms with Crippen LogP contribution in [0.3, 0.4) is 0 Å². The number of benzene rings is 2. The summed E-state index contributed by atoms with van der Waals surface area (Å²) in [5.74, 6) is 1.02. The molecular weight excluding hydrogens is 379 g/mol. The van der Waals surface area contributed by atoms with Gasteiger partial charge in [0.25, 0.3) is 0 Å². The molecule has 0 heterocycles. The molecule has 2 N–H and O–H groups in total. The summed E-state index contributed by atoms with van der Waals surface area (Å²) in [5, 5.41) is 11.1. The second kappa shape index (κ2) is 11.5. The van der Waals surface area contributed by atoms with Gasteiger partial charge in [0.15, 0.2) is 0 Å². The SMILES string of the molecule is CCCC(CC)c1ccc(-c2ccc(C(CCC)CCC)cc2[P+](=O)O)c(O)c1. The van der Waals surface area contributed by atoms with Crippen molar-refractivity contribution in [2.45, 2.75) is 84.5 Å². The summed E-state index contributed by atoms with van der Waals surface area (Å²) in [4.78, 5) is 10.0. The van der Waals surface area contributed by atoms with Crippen LogP contribution >= 0.6 is 8.03 Å². The highest BCUT2D eigenvalue weighted by Gasteiger charge is 2.26. The molecule has 0 aliphatic rings. The maximum Gasteiger partial charge on any atom is 0.546 e. The Labute approximate surface area is 177 Å². The predicted octanol–water partition coefficient (Wildman–Crippen LogP) is 7.40. The van der Waals surface area contributed by atoms with Crippen LogP contribution in [0.1, 0.15) is 95.6 Å². The Morgan fingerprint density at radius 2 is 1.31 bits per heavy atom. The molecule has 0 aliphatic heterocycles. The first-order chi connectivity index (χ1) is 14.0. The van der Waals surface area contributed by atoms with Crippen molar-refractivity contribution in [2.24, 2.45) is 0 Å². The minimum absolute atomic E-state index is 0.182.